The van der Waals surface area contributed by atoms with Crippen molar-refractivity contribution in [3.05, 3.63) is 53.3 Å². The van der Waals surface area contributed by atoms with Gasteiger partial charge in [-0.25, -0.2) is 9.78 Å². The predicted molar refractivity (Wildman–Crippen MR) is 170 cm³/mol. The van der Waals surface area contributed by atoms with Gasteiger partial charge in [0.1, 0.15) is 23.4 Å². The second kappa shape index (κ2) is 14.2. The lowest BCUT2D eigenvalue weighted by atomic mass is 9.93. The van der Waals surface area contributed by atoms with Crippen molar-refractivity contribution in [3.8, 4) is 17.6 Å². The van der Waals surface area contributed by atoms with Gasteiger partial charge in [0.15, 0.2) is 0 Å². The lowest BCUT2D eigenvalue weighted by molar-refractivity contribution is -0.140. The zero-order valence-electron chi connectivity index (χ0n) is 27.2. The van der Waals surface area contributed by atoms with Crippen LogP contribution in [-0.2, 0) is 11.3 Å². The molecule has 3 aromatic rings. The maximum atomic E-state index is 13.6. The van der Waals surface area contributed by atoms with Crippen LogP contribution >= 0.6 is 0 Å². The van der Waals surface area contributed by atoms with E-state index < -0.39 is 30.3 Å². The average molecular weight is 657 g/mol. The zero-order valence-corrected chi connectivity index (χ0v) is 27.2. The number of aromatic nitrogens is 2. The maximum absolute atomic E-state index is 13.6. The van der Waals surface area contributed by atoms with Crippen LogP contribution in [0, 0.1) is 17.8 Å². The molecule has 47 heavy (non-hydrogen) atoms. The molecule has 0 aliphatic carbocycles. The molecule has 11 nitrogen and oxygen atoms in total. The predicted octanol–water partition coefficient (Wildman–Crippen LogP) is 4.81. The number of likely N-dealkylation sites (tertiary alicyclic amines) is 1. The van der Waals surface area contributed by atoms with Crippen LogP contribution in [0.4, 0.5) is 23.7 Å². The molecule has 0 bridgehead atoms. The van der Waals surface area contributed by atoms with Gasteiger partial charge >= 0.3 is 12.3 Å². The van der Waals surface area contributed by atoms with Gasteiger partial charge in [-0.3, -0.25) is 9.59 Å². The molecule has 1 aromatic heterocycles. The minimum atomic E-state index is -4.51. The number of rotatable bonds is 7. The number of piperidine rings is 1. The number of carbonyl (C=O) groups is 3. The summed E-state index contributed by atoms with van der Waals surface area (Å²) in [6.07, 6.45) is -3.40. The van der Waals surface area contributed by atoms with E-state index in [0.29, 0.717) is 42.1 Å². The molecule has 14 heteroatoms. The van der Waals surface area contributed by atoms with E-state index in [1.54, 1.807) is 43.9 Å². The normalized spacial score (nSPS) is 16.6. The minimum absolute atomic E-state index is 0.0916. The zero-order chi connectivity index (χ0) is 34.5. The summed E-state index contributed by atoms with van der Waals surface area (Å²) in [4.78, 5) is 43.9. The summed E-state index contributed by atoms with van der Waals surface area (Å²) in [7, 11) is 2.99. The third kappa shape index (κ3) is 9.08. The third-order valence-electron chi connectivity index (χ3n) is 7.48. The first-order chi connectivity index (χ1) is 22.1. The van der Waals surface area contributed by atoms with Gasteiger partial charge < -0.3 is 34.9 Å². The largest absolute Gasteiger partial charge is 0.495 e. The van der Waals surface area contributed by atoms with Gasteiger partial charge in [-0.1, -0.05) is 18.8 Å². The highest BCUT2D eigenvalue weighted by atomic mass is 19.4. The van der Waals surface area contributed by atoms with Gasteiger partial charge in [-0.2, -0.15) is 13.2 Å². The van der Waals surface area contributed by atoms with Gasteiger partial charge in [-0.05, 0) is 63.4 Å². The number of nitrogens with zero attached hydrogens (tertiary/aromatic N) is 3. The Hall–Kier alpha value is -4.93. The van der Waals surface area contributed by atoms with E-state index in [9.17, 15) is 27.6 Å². The molecule has 3 N–H and O–H groups in total. The van der Waals surface area contributed by atoms with E-state index in [0.717, 1.165) is 10.9 Å². The Labute approximate surface area is 271 Å². The smallest absolute Gasteiger partial charge is 0.410 e. The van der Waals surface area contributed by atoms with Crippen LogP contribution in [0.1, 0.15) is 60.4 Å². The number of imidazole rings is 1. The molecule has 2 heterocycles. The van der Waals surface area contributed by atoms with Gasteiger partial charge in [0, 0.05) is 37.3 Å². The number of anilines is 1. The first-order valence-electron chi connectivity index (χ1n) is 15.1. The Balaban J connectivity index is 1.55. The molecule has 252 valence electrons. The standard InChI is InChI=1S/C33H39F3N6O5/c1-20-17-41(31(45)47-32(2,3)4)13-11-24(20)40-30(44)23-14-21(15-26-28(23)39-19-42(26)18-33(34,35)36)8-7-12-38-25-10-9-22(29(43)37-5)16-27(25)46-6/h9-10,14-16,19-20,24,38H,11-13,17-18H2,1-6H3,(H,37,43)(H,40,44)/t20-,24-/m1/s1. The van der Waals surface area contributed by atoms with Crippen molar-refractivity contribution in [1.29, 1.82) is 0 Å². The number of hydrogen-bond donors (Lipinski definition) is 3. The highest BCUT2D eigenvalue weighted by molar-refractivity contribution is 6.05. The van der Waals surface area contributed by atoms with Crippen molar-refractivity contribution in [2.24, 2.45) is 5.92 Å². The molecule has 1 fully saturated rings. The first kappa shape index (κ1) is 34.9. The minimum Gasteiger partial charge on any atom is -0.495 e. The Morgan fingerprint density at radius 1 is 1.11 bits per heavy atom. The Bertz CT molecular complexity index is 1700. The van der Waals surface area contributed by atoms with Gasteiger partial charge in [0.2, 0.25) is 0 Å². The fourth-order valence-electron chi connectivity index (χ4n) is 5.23. The number of methoxy groups -OCH3 is 1. The summed E-state index contributed by atoms with van der Waals surface area (Å²) in [5.41, 5.74) is 1.01. The topological polar surface area (TPSA) is 127 Å². The van der Waals surface area contributed by atoms with Crippen LogP contribution < -0.4 is 20.7 Å². The second-order valence-corrected chi connectivity index (χ2v) is 12.3. The van der Waals surface area contributed by atoms with Gasteiger partial charge in [-0.15, -0.1) is 0 Å². The molecule has 1 saturated heterocycles. The van der Waals surface area contributed by atoms with Crippen molar-refractivity contribution in [3.63, 3.8) is 0 Å². The molecule has 1 aliphatic heterocycles. The van der Waals surface area contributed by atoms with E-state index in [2.05, 4.69) is 32.8 Å². The summed E-state index contributed by atoms with van der Waals surface area (Å²) in [5.74, 6) is 5.40. The van der Waals surface area contributed by atoms with Gasteiger partial charge in [0.25, 0.3) is 11.8 Å². The lowest BCUT2D eigenvalue weighted by Gasteiger charge is -2.37. The molecule has 4 rings (SSSR count). The van der Waals surface area contributed by atoms with E-state index in [1.165, 1.54) is 26.3 Å². The molecule has 0 unspecified atom stereocenters. The van der Waals surface area contributed by atoms with Crippen LogP contribution in [-0.4, -0.2) is 84.0 Å². The summed E-state index contributed by atoms with van der Waals surface area (Å²) in [6.45, 7) is 6.87. The quantitative estimate of drug-likeness (QED) is 0.312. The number of halogens is 3. The fourth-order valence-corrected chi connectivity index (χ4v) is 5.23. The third-order valence-corrected chi connectivity index (χ3v) is 7.48. The molecule has 0 spiro atoms. The van der Waals surface area contributed by atoms with Crippen molar-refractivity contribution >= 4 is 34.6 Å². The summed E-state index contributed by atoms with van der Waals surface area (Å²) in [6, 6.07) is 7.57. The van der Waals surface area contributed by atoms with E-state index in [-0.39, 0.29) is 41.0 Å². The highest BCUT2D eigenvalue weighted by Gasteiger charge is 2.33. The Morgan fingerprint density at radius 2 is 1.85 bits per heavy atom. The molecule has 3 amide bonds. The van der Waals surface area contributed by atoms with E-state index in [4.69, 9.17) is 9.47 Å². The number of fused-ring (bicyclic) bond motifs is 1. The summed E-state index contributed by atoms with van der Waals surface area (Å²) in [5, 5.41) is 8.64. The van der Waals surface area contributed by atoms with E-state index >= 15 is 0 Å². The van der Waals surface area contributed by atoms with Crippen molar-refractivity contribution < 1.29 is 37.0 Å². The number of amides is 3. The summed E-state index contributed by atoms with van der Waals surface area (Å²) >= 11 is 0. The number of alkyl halides is 3. The number of hydrogen-bond acceptors (Lipinski definition) is 7. The number of carbonyl (C=O) groups excluding carboxylic acids is 3. The van der Waals surface area contributed by atoms with Crippen LogP contribution in [0.25, 0.3) is 11.0 Å². The molecular formula is C33H39F3N6O5. The number of ether oxygens (including phenoxy) is 2. The van der Waals surface area contributed by atoms with Crippen molar-refractivity contribution in [2.75, 3.05) is 39.1 Å². The Kier molecular flexibility index (Phi) is 10.6. The summed E-state index contributed by atoms with van der Waals surface area (Å²) < 4.78 is 51.9. The van der Waals surface area contributed by atoms with E-state index in [1.807, 2.05) is 6.92 Å². The van der Waals surface area contributed by atoms with Crippen LogP contribution in [0.2, 0.25) is 0 Å². The number of benzene rings is 2. The maximum Gasteiger partial charge on any atom is 0.410 e. The lowest BCUT2D eigenvalue weighted by Crippen LogP contribution is -2.52. The SMILES string of the molecule is CNC(=O)c1ccc(NCC#Cc2cc(C(=O)N[C@@H]3CCN(C(=O)OC(C)(C)C)C[C@H]3C)c3ncn(CC(F)(F)F)c3c2)c(OC)c1. The van der Waals surface area contributed by atoms with Crippen LogP contribution in [0.5, 0.6) is 5.75 Å². The molecular weight excluding hydrogens is 617 g/mol. The highest BCUT2D eigenvalue weighted by Crippen LogP contribution is 2.27. The molecule has 0 saturated carbocycles. The second-order valence-electron chi connectivity index (χ2n) is 12.3. The first-order valence-corrected chi connectivity index (χ1v) is 15.1. The van der Waals surface area contributed by atoms with Crippen molar-refractivity contribution in [1.82, 2.24) is 25.1 Å². The molecule has 1 aliphatic rings. The molecule has 2 atom stereocenters. The fraction of sp³-hybridized carbons (Fsp3) is 0.455. The van der Waals surface area contributed by atoms with Crippen LogP contribution in [0.15, 0.2) is 36.7 Å². The monoisotopic (exact) mass is 656 g/mol. The Morgan fingerprint density at radius 3 is 2.49 bits per heavy atom. The average Bonchev–Trinajstić information content (AvgIpc) is 3.39. The van der Waals surface area contributed by atoms with Crippen LogP contribution in [0.3, 0.4) is 0 Å². The van der Waals surface area contributed by atoms with Gasteiger partial charge in [0.05, 0.1) is 36.7 Å². The molecule has 2 aromatic carbocycles. The number of nitrogens with one attached hydrogen (secondary N) is 3. The van der Waals surface area contributed by atoms with Crippen molar-refractivity contribution in [2.45, 2.75) is 58.5 Å². The molecule has 0 radical (unpaired) electrons.